The van der Waals surface area contributed by atoms with Crippen molar-refractivity contribution in [1.29, 1.82) is 0 Å². The summed E-state index contributed by atoms with van der Waals surface area (Å²) in [6, 6.07) is 7.15. The van der Waals surface area contributed by atoms with Gasteiger partial charge in [-0.2, -0.15) is 4.98 Å². The minimum absolute atomic E-state index is 0.0370. The van der Waals surface area contributed by atoms with Gasteiger partial charge in [0, 0.05) is 5.56 Å². The second kappa shape index (κ2) is 6.24. The Kier molecular flexibility index (Phi) is 4.17. The number of hydrogen-bond donors (Lipinski definition) is 2. The van der Waals surface area contributed by atoms with Crippen molar-refractivity contribution in [2.45, 2.75) is 25.4 Å². The molecule has 1 unspecified atom stereocenters. The van der Waals surface area contributed by atoms with Crippen LogP contribution in [0.3, 0.4) is 0 Å². The Labute approximate surface area is 126 Å². The Balaban J connectivity index is 1.63. The van der Waals surface area contributed by atoms with Crippen molar-refractivity contribution in [3.05, 3.63) is 35.2 Å². The molecule has 2 N–H and O–H groups in total. The van der Waals surface area contributed by atoms with E-state index in [-0.39, 0.29) is 18.5 Å². The molecule has 1 aliphatic rings. The highest BCUT2D eigenvalue weighted by atomic mass is 35.5. The molecule has 1 atom stereocenters. The number of amides is 1. The highest BCUT2D eigenvalue weighted by molar-refractivity contribution is 6.33. The first-order valence-corrected chi connectivity index (χ1v) is 7.20. The average Bonchev–Trinajstić information content (AvgIpc) is 3.17. The molecule has 1 amide bonds. The van der Waals surface area contributed by atoms with E-state index in [2.05, 4.69) is 20.8 Å². The topological polar surface area (TPSA) is 80.1 Å². The first kappa shape index (κ1) is 14.0. The first-order valence-electron chi connectivity index (χ1n) is 6.82. The van der Waals surface area contributed by atoms with Crippen LogP contribution in [0.1, 0.15) is 18.7 Å². The van der Waals surface area contributed by atoms with Crippen molar-refractivity contribution in [1.82, 2.24) is 20.8 Å². The number of rotatable bonds is 4. The van der Waals surface area contributed by atoms with Crippen molar-refractivity contribution in [3.63, 3.8) is 0 Å². The highest BCUT2D eigenvalue weighted by Crippen LogP contribution is 2.24. The number of benzene rings is 1. The van der Waals surface area contributed by atoms with Crippen LogP contribution in [0.4, 0.5) is 0 Å². The molecule has 0 radical (unpaired) electrons. The Morgan fingerprint density at radius 3 is 3.10 bits per heavy atom. The molecule has 2 heterocycles. The second-order valence-electron chi connectivity index (χ2n) is 4.86. The molecular weight excluding hydrogens is 292 g/mol. The first-order chi connectivity index (χ1) is 10.2. The van der Waals surface area contributed by atoms with Gasteiger partial charge in [-0.05, 0) is 31.5 Å². The number of aromatic nitrogens is 2. The normalized spacial score (nSPS) is 17.9. The third-order valence-electron chi connectivity index (χ3n) is 3.37. The molecule has 1 fully saturated rings. The third kappa shape index (κ3) is 3.22. The van der Waals surface area contributed by atoms with Gasteiger partial charge >= 0.3 is 0 Å². The molecule has 110 valence electrons. The Morgan fingerprint density at radius 1 is 1.48 bits per heavy atom. The van der Waals surface area contributed by atoms with Crippen LogP contribution in [0, 0.1) is 0 Å². The zero-order valence-corrected chi connectivity index (χ0v) is 12.1. The van der Waals surface area contributed by atoms with Crippen LogP contribution in [0.5, 0.6) is 0 Å². The summed E-state index contributed by atoms with van der Waals surface area (Å²) in [7, 11) is 0. The summed E-state index contributed by atoms with van der Waals surface area (Å²) in [4.78, 5) is 16.1. The lowest BCUT2D eigenvalue weighted by Crippen LogP contribution is -2.40. The van der Waals surface area contributed by atoms with Crippen LogP contribution in [0.25, 0.3) is 11.4 Å². The number of carbonyl (C=O) groups excluding carboxylic acids is 1. The lowest BCUT2D eigenvalue weighted by atomic mass is 10.2. The fourth-order valence-electron chi connectivity index (χ4n) is 2.27. The van der Waals surface area contributed by atoms with Crippen LogP contribution < -0.4 is 10.6 Å². The zero-order valence-electron chi connectivity index (χ0n) is 11.3. The smallest absolute Gasteiger partial charge is 0.246 e. The SMILES string of the molecule is O=C(NCc1nc(-c2ccccc2Cl)no1)C1CCCN1. The summed E-state index contributed by atoms with van der Waals surface area (Å²) in [5, 5.41) is 10.4. The van der Waals surface area contributed by atoms with Gasteiger partial charge in [-0.25, -0.2) is 0 Å². The Morgan fingerprint density at radius 2 is 2.33 bits per heavy atom. The van der Waals surface area contributed by atoms with Gasteiger partial charge in [-0.1, -0.05) is 28.9 Å². The van der Waals surface area contributed by atoms with Crippen molar-refractivity contribution in [2.24, 2.45) is 0 Å². The molecule has 1 saturated heterocycles. The van der Waals surface area contributed by atoms with Gasteiger partial charge in [0.2, 0.25) is 17.6 Å². The number of carbonyl (C=O) groups is 1. The van der Waals surface area contributed by atoms with Gasteiger partial charge in [0.15, 0.2) is 0 Å². The summed E-state index contributed by atoms with van der Waals surface area (Å²) < 4.78 is 5.13. The van der Waals surface area contributed by atoms with Gasteiger partial charge < -0.3 is 15.2 Å². The Hall–Kier alpha value is -1.92. The molecule has 3 rings (SSSR count). The minimum atomic E-state index is -0.115. The Bertz CT molecular complexity index is 637. The van der Waals surface area contributed by atoms with Crippen LogP contribution >= 0.6 is 11.6 Å². The van der Waals surface area contributed by atoms with E-state index in [1.807, 2.05) is 18.2 Å². The largest absolute Gasteiger partial charge is 0.346 e. The van der Waals surface area contributed by atoms with Crippen molar-refractivity contribution in [3.8, 4) is 11.4 Å². The quantitative estimate of drug-likeness (QED) is 0.899. The van der Waals surface area contributed by atoms with E-state index in [1.165, 1.54) is 0 Å². The maximum absolute atomic E-state index is 11.9. The summed E-state index contributed by atoms with van der Waals surface area (Å²) >= 11 is 6.08. The number of halogens is 1. The molecule has 7 heteroatoms. The summed E-state index contributed by atoms with van der Waals surface area (Å²) in [6.07, 6.45) is 1.88. The lowest BCUT2D eigenvalue weighted by molar-refractivity contribution is -0.123. The summed E-state index contributed by atoms with van der Waals surface area (Å²) in [5.41, 5.74) is 0.706. The molecule has 6 nitrogen and oxygen atoms in total. The van der Waals surface area contributed by atoms with Crippen molar-refractivity contribution in [2.75, 3.05) is 6.54 Å². The fraction of sp³-hybridized carbons (Fsp3) is 0.357. The van der Waals surface area contributed by atoms with Gasteiger partial charge in [-0.15, -0.1) is 0 Å². The molecule has 0 spiro atoms. The monoisotopic (exact) mass is 306 g/mol. The van der Waals surface area contributed by atoms with Crippen LogP contribution in [0.2, 0.25) is 5.02 Å². The third-order valence-corrected chi connectivity index (χ3v) is 3.70. The lowest BCUT2D eigenvalue weighted by Gasteiger charge is -2.08. The predicted octanol–water partition coefficient (Wildman–Crippen LogP) is 1.76. The van der Waals surface area contributed by atoms with E-state index < -0.39 is 0 Å². The molecule has 0 aliphatic carbocycles. The molecule has 1 aliphatic heterocycles. The van der Waals surface area contributed by atoms with E-state index in [1.54, 1.807) is 6.07 Å². The van der Waals surface area contributed by atoms with E-state index in [0.717, 1.165) is 19.4 Å². The van der Waals surface area contributed by atoms with Gasteiger partial charge in [-0.3, -0.25) is 4.79 Å². The molecule has 21 heavy (non-hydrogen) atoms. The molecule has 1 aromatic heterocycles. The summed E-state index contributed by atoms with van der Waals surface area (Å²) in [5.74, 6) is 0.741. The standard InChI is InChI=1S/C14H15ClN4O2/c15-10-5-2-1-4-9(10)13-18-12(21-19-13)8-17-14(20)11-6-3-7-16-11/h1-2,4-5,11,16H,3,6-8H2,(H,17,20). The van der Waals surface area contributed by atoms with E-state index in [0.29, 0.717) is 22.3 Å². The number of nitrogens with zero attached hydrogens (tertiary/aromatic N) is 2. The van der Waals surface area contributed by atoms with Crippen LogP contribution in [-0.4, -0.2) is 28.6 Å². The zero-order chi connectivity index (χ0) is 14.7. The van der Waals surface area contributed by atoms with Gasteiger partial charge in [0.25, 0.3) is 0 Å². The second-order valence-corrected chi connectivity index (χ2v) is 5.27. The maximum atomic E-state index is 11.9. The number of nitrogens with one attached hydrogen (secondary N) is 2. The van der Waals surface area contributed by atoms with Crippen LogP contribution in [-0.2, 0) is 11.3 Å². The fourth-order valence-corrected chi connectivity index (χ4v) is 2.49. The average molecular weight is 307 g/mol. The molecule has 1 aromatic carbocycles. The van der Waals surface area contributed by atoms with Crippen LogP contribution in [0.15, 0.2) is 28.8 Å². The van der Waals surface area contributed by atoms with E-state index >= 15 is 0 Å². The number of hydrogen-bond acceptors (Lipinski definition) is 5. The highest BCUT2D eigenvalue weighted by Gasteiger charge is 2.22. The van der Waals surface area contributed by atoms with Gasteiger partial charge in [0.05, 0.1) is 17.6 Å². The molecule has 0 saturated carbocycles. The van der Waals surface area contributed by atoms with E-state index in [4.69, 9.17) is 16.1 Å². The molecular formula is C14H15ClN4O2. The predicted molar refractivity (Wildman–Crippen MR) is 77.6 cm³/mol. The van der Waals surface area contributed by atoms with Crippen molar-refractivity contribution < 1.29 is 9.32 Å². The maximum Gasteiger partial charge on any atom is 0.246 e. The van der Waals surface area contributed by atoms with Gasteiger partial charge in [0.1, 0.15) is 0 Å². The molecule has 0 bridgehead atoms. The van der Waals surface area contributed by atoms with Crippen molar-refractivity contribution >= 4 is 17.5 Å². The summed E-state index contributed by atoms with van der Waals surface area (Å²) in [6.45, 7) is 1.10. The minimum Gasteiger partial charge on any atom is -0.346 e. The van der Waals surface area contributed by atoms with E-state index in [9.17, 15) is 4.79 Å². The molecule has 2 aromatic rings.